The third kappa shape index (κ3) is 5.17. The van der Waals surface area contributed by atoms with Crippen LogP contribution in [0.15, 0.2) is 60.8 Å². The standard InChI is InChI=1S/C25H28N4O3/c30-23(26-15-6-9-18-7-2-1-3-8-18)13-12-22-24(31)29(25(32)28-22)16-14-19-17-27-21-11-5-4-10-20(19)21/h1-5,7-8,10-11,17,22,27H,6,9,12-16H2,(H,26,30)(H,28,32)/t22-/m1/s1. The fourth-order valence-electron chi connectivity index (χ4n) is 4.08. The van der Waals surface area contributed by atoms with Crippen LogP contribution in [0.25, 0.3) is 10.9 Å². The van der Waals surface area contributed by atoms with E-state index in [1.165, 1.54) is 10.5 Å². The second-order valence-electron chi connectivity index (χ2n) is 8.08. The molecule has 0 aliphatic carbocycles. The fraction of sp³-hybridized carbons (Fsp3) is 0.320. The van der Waals surface area contributed by atoms with Crippen molar-refractivity contribution in [2.24, 2.45) is 0 Å². The van der Waals surface area contributed by atoms with Gasteiger partial charge in [0.15, 0.2) is 0 Å². The fourth-order valence-corrected chi connectivity index (χ4v) is 4.08. The number of hydrogen-bond acceptors (Lipinski definition) is 3. The molecule has 0 radical (unpaired) electrons. The first-order valence-corrected chi connectivity index (χ1v) is 11.1. The van der Waals surface area contributed by atoms with Crippen LogP contribution in [-0.2, 0) is 22.4 Å². The second kappa shape index (κ2) is 10.1. The lowest BCUT2D eigenvalue weighted by atomic mass is 10.1. The minimum absolute atomic E-state index is 0.0997. The molecule has 2 aromatic carbocycles. The molecule has 3 N–H and O–H groups in total. The molecule has 0 saturated carbocycles. The lowest BCUT2D eigenvalue weighted by molar-refractivity contribution is -0.127. The average molecular weight is 433 g/mol. The normalized spacial score (nSPS) is 15.9. The number of aryl methyl sites for hydroxylation is 1. The van der Waals surface area contributed by atoms with Crippen molar-refractivity contribution in [1.82, 2.24) is 20.5 Å². The number of fused-ring (bicyclic) bond motifs is 1. The summed E-state index contributed by atoms with van der Waals surface area (Å²) in [6, 6.07) is 17.1. The van der Waals surface area contributed by atoms with Gasteiger partial charge in [-0.05, 0) is 42.9 Å². The number of carbonyl (C=O) groups excluding carboxylic acids is 3. The summed E-state index contributed by atoms with van der Waals surface area (Å²) in [6.07, 6.45) is 4.78. The van der Waals surface area contributed by atoms with Gasteiger partial charge in [-0.3, -0.25) is 14.5 Å². The number of hydrogen-bond donors (Lipinski definition) is 3. The van der Waals surface area contributed by atoms with E-state index in [1.807, 2.05) is 48.7 Å². The summed E-state index contributed by atoms with van der Waals surface area (Å²) in [4.78, 5) is 41.6. The molecule has 166 valence electrons. The van der Waals surface area contributed by atoms with Gasteiger partial charge >= 0.3 is 6.03 Å². The molecule has 1 saturated heterocycles. The SMILES string of the molecule is O=C(CC[C@H]1NC(=O)N(CCc2c[nH]c3ccccc23)C1=O)NCCCc1ccccc1. The number of amides is 4. The molecule has 1 aliphatic heterocycles. The van der Waals surface area contributed by atoms with Crippen molar-refractivity contribution < 1.29 is 14.4 Å². The van der Waals surface area contributed by atoms with Crippen LogP contribution < -0.4 is 10.6 Å². The third-order valence-corrected chi connectivity index (χ3v) is 5.85. The van der Waals surface area contributed by atoms with E-state index in [2.05, 4.69) is 27.8 Å². The van der Waals surface area contributed by atoms with Gasteiger partial charge in [0.25, 0.3) is 5.91 Å². The predicted molar refractivity (Wildman–Crippen MR) is 123 cm³/mol. The van der Waals surface area contributed by atoms with Crippen molar-refractivity contribution in [3.05, 3.63) is 71.9 Å². The highest BCUT2D eigenvalue weighted by atomic mass is 16.2. The summed E-state index contributed by atoms with van der Waals surface area (Å²) in [5, 5.41) is 6.71. The van der Waals surface area contributed by atoms with E-state index in [1.54, 1.807) is 0 Å². The highest BCUT2D eigenvalue weighted by Crippen LogP contribution is 2.19. The molecule has 4 amide bonds. The van der Waals surface area contributed by atoms with Crippen LogP contribution in [0.4, 0.5) is 4.79 Å². The van der Waals surface area contributed by atoms with Crippen molar-refractivity contribution in [2.45, 2.75) is 38.1 Å². The zero-order valence-corrected chi connectivity index (χ0v) is 18.0. The van der Waals surface area contributed by atoms with Crippen molar-refractivity contribution in [1.29, 1.82) is 0 Å². The van der Waals surface area contributed by atoms with Crippen LogP contribution in [-0.4, -0.2) is 46.9 Å². The molecule has 4 rings (SSSR count). The summed E-state index contributed by atoms with van der Waals surface area (Å²) in [7, 11) is 0. The van der Waals surface area contributed by atoms with Crippen molar-refractivity contribution in [3.63, 3.8) is 0 Å². The van der Waals surface area contributed by atoms with Crippen molar-refractivity contribution in [2.75, 3.05) is 13.1 Å². The number of aromatic amines is 1. The van der Waals surface area contributed by atoms with Crippen LogP contribution in [0.5, 0.6) is 0 Å². The lowest BCUT2D eigenvalue weighted by Crippen LogP contribution is -2.34. The molecule has 1 aliphatic rings. The van der Waals surface area contributed by atoms with E-state index in [4.69, 9.17) is 0 Å². The van der Waals surface area contributed by atoms with Crippen LogP contribution in [0.1, 0.15) is 30.4 Å². The number of H-pyrrole nitrogens is 1. The van der Waals surface area contributed by atoms with Gasteiger partial charge in [0.1, 0.15) is 6.04 Å². The zero-order valence-electron chi connectivity index (χ0n) is 18.0. The molecule has 1 fully saturated rings. The highest BCUT2D eigenvalue weighted by Gasteiger charge is 2.37. The number of nitrogens with zero attached hydrogens (tertiary/aromatic N) is 1. The van der Waals surface area contributed by atoms with Crippen LogP contribution in [0.3, 0.4) is 0 Å². The van der Waals surface area contributed by atoms with E-state index in [0.717, 1.165) is 29.3 Å². The summed E-state index contributed by atoms with van der Waals surface area (Å²) < 4.78 is 0. The molecule has 0 unspecified atom stereocenters. The third-order valence-electron chi connectivity index (χ3n) is 5.85. The Labute approximate surface area is 187 Å². The lowest BCUT2D eigenvalue weighted by Gasteiger charge is -2.12. The second-order valence-corrected chi connectivity index (χ2v) is 8.08. The molecule has 7 heteroatoms. The largest absolute Gasteiger partial charge is 0.361 e. The Morgan fingerprint density at radius 1 is 1.00 bits per heavy atom. The number of para-hydroxylation sites is 1. The first-order chi connectivity index (χ1) is 15.6. The zero-order chi connectivity index (χ0) is 22.3. The van der Waals surface area contributed by atoms with Gasteiger partial charge in [0.2, 0.25) is 5.91 Å². The van der Waals surface area contributed by atoms with Gasteiger partial charge in [-0.1, -0.05) is 48.5 Å². The van der Waals surface area contributed by atoms with Crippen LogP contribution >= 0.6 is 0 Å². The Morgan fingerprint density at radius 3 is 2.62 bits per heavy atom. The monoisotopic (exact) mass is 432 g/mol. The number of nitrogens with one attached hydrogen (secondary N) is 3. The number of carbonyl (C=O) groups is 3. The van der Waals surface area contributed by atoms with Gasteiger partial charge in [0, 0.05) is 36.6 Å². The van der Waals surface area contributed by atoms with Gasteiger partial charge < -0.3 is 15.6 Å². The van der Waals surface area contributed by atoms with Gasteiger partial charge in [-0.2, -0.15) is 0 Å². The summed E-state index contributed by atoms with van der Waals surface area (Å²) in [5.74, 6) is -0.357. The molecule has 1 atom stereocenters. The Bertz CT molecular complexity index is 1090. The smallest absolute Gasteiger partial charge is 0.324 e. The van der Waals surface area contributed by atoms with E-state index >= 15 is 0 Å². The Balaban J connectivity index is 1.19. The minimum atomic E-state index is -0.638. The topological polar surface area (TPSA) is 94.3 Å². The predicted octanol–water partition coefficient (Wildman–Crippen LogP) is 3.16. The number of urea groups is 1. The Morgan fingerprint density at radius 2 is 1.78 bits per heavy atom. The summed E-state index contributed by atoms with van der Waals surface area (Å²) in [6.45, 7) is 0.907. The van der Waals surface area contributed by atoms with E-state index < -0.39 is 6.04 Å². The van der Waals surface area contributed by atoms with E-state index in [0.29, 0.717) is 25.9 Å². The van der Waals surface area contributed by atoms with E-state index in [9.17, 15) is 14.4 Å². The van der Waals surface area contributed by atoms with Crippen molar-refractivity contribution in [3.8, 4) is 0 Å². The highest BCUT2D eigenvalue weighted by molar-refractivity contribution is 6.04. The Hall–Kier alpha value is -3.61. The van der Waals surface area contributed by atoms with Gasteiger partial charge in [-0.15, -0.1) is 0 Å². The molecule has 3 aromatic rings. The molecular formula is C25H28N4O3. The summed E-state index contributed by atoms with van der Waals surface area (Å²) >= 11 is 0. The van der Waals surface area contributed by atoms with Crippen LogP contribution in [0, 0.1) is 0 Å². The molecular weight excluding hydrogens is 404 g/mol. The maximum atomic E-state index is 12.7. The first kappa shape index (κ1) is 21.6. The molecule has 0 bridgehead atoms. The minimum Gasteiger partial charge on any atom is -0.361 e. The number of aromatic nitrogens is 1. The maximum absolute atomic E-state index is 12.7. The number of rotatable bonds is 10. The number of imide groups is 1. The average Bonchev–Trinajstić information content (AvgIpc) is 3.34. The molecule has 1 aromatic heterocycles. The molecule has 0 spiro atoms. The van der Waals surface area contributed by atoms with Crippen molar-refractivity contribution >= 4 is 28.7 Å². The molecule has 2 heterocycles. The van der Waals surface area contributed by atoms with E-state index in [-0.39, 0.29) is 24.3 Å². The molecule has 7 nitrogen and oxygen atoms in total. The van der Waals surface area contributed by atoms with Gasteiger partial charge in [-0.25, -0.2) is 4.79 Å². The quantitative estimate of drug-likeness (QED) is 0.339. The summed E-state index contributed by atoms with van der Waals surface area (Å²) in [5.41, 5.74) is 3.35. The van der Waals surface area contributed by atoms with Crippen LogP contribution in [0.2, 0.25) is 0 Å². The molecule has 32 heavy (non-hydrogen) atoms. The Kier molecular flexibility index (Phi) is 6.84. The maximum Gasteiger partial charge on any atom is 0.324 e. The van der Waals surface area contributed by atoms with Gasteiger partial charge in [0.05, 0.1) is 0 Å². The number of benzene rings is 2. The first-order valence-electron chi connectivity index (χ1n) is 11.1.